The van der Waals surface area contributed by atoms with Crippen molar-refractivity contribution in [2.75, 3.05) is 6.61 Å². The van der Waals surface area contributed by atoms with E-state index in [0.29, 0.717) is 12.3 Å². The van der Waals surface area contributed by atoms with Crippen LogP contribution in [0.25, 0.3) is 0 Å². The van der Waals surface area contributed by atoms with Crippen LogP contribution in [0, 0.1) is 35.0 Å². The van der Waals surface area contributed by atoms with E-state index in [1.165, 1.54) is 0 Å². The lowest BCUT2D eigenvalue weighted by Crippen LogP contribution is -2.36. The lowest BCUT2D eigenvalue weighted by atomic mass is 9.81. The fourth-order valence-corrected chi connectivity index (χ4v) is 4.90. The molecule has 0 amide bonds. The van der Waals surface area contributed by atoms with Crippen LogP contribution in [0.4, 0.5) is 0 Å². The highest BCUT2D eigenvalue weighted by atomic mass is 16.7. The van der Waals surface area contributed by atoms with Gasteiger partial charge in [0.05, 0.1) is 12.2 Å². The van der Waals surface area contributed by atoms with Gasteiger partial charge in [-0.1, -0.05) is 45.1 Å². The Balaban J connectivity index is 2.07. The Morgan fingerprint density at radius 3 is 2.76 bits per heavy atom. The number of allylic oxidation sites excluding steroid dienone is 3. The van der Waals surface area contributed by atoms with Crippen molar-refractivity contribution >= 4 is 5.97 Å². The Morgan fingerprint density at radius 2 is 2.09 bits per heavy atom. The van der Waals surface area contributed by atoms with Crippen molar-refractivity contribution in [1.82, 2.24) is 0 Å². The number of aliphatic hydroxyl groups is 1. The maximum Gasteiger partial charge on any atom is 0.303 e. The zero-order valence-corrected chi connectivity index (χ0v) is 21.0. The molecule has 1 aliphatic carbocycles. The molecule has 0 aromatic heterocycles. The molecule has 1 aliphatic heterocycles. The molecule has 1 heterocycles. The zero-order valence-electron chi connectivity index (χ0n) is 21.0. The third kappa shape index (κ3) is 9.27. The minimum Gasteiger partial charge on any atom is -0.481 e. The Bertz CT molecular complexity index is 708. The van der Waals surface area contributed by atoms with Crippen LogP contribution in [0.5, 0.6) is 0 Å². The molecule has 186 valence electrons. The van der Waals surface area contributed by atoms with Crippen LogP contribution in [0.2, 0.25) is 0 Å². The first-order valence-corrected chi connectivity index (χ1v) is 12.6. The van der Waals surface area contributed by atoms with Crippen molar-refractivity contribution in [1.29, 1.82) is 0 Å². The number of carboxylic acid groups (broad SMARTS) is 1. The van der Waals surface area contributed by atoms with Gasteiger partial charge in [0.1, 0.15) is 0 Å². The molecule has 5 nitrogen and oxygen atoms in total. The normalized spacial score (nSPS) is 29.3. The molecule has 1 saturated heterocycles. The summed E-state index contributed by atoms with van der Waals surface area (Å²) < 4.78 is 12.3. The smallest absolute Gasteiger partial charge is 0.303 e. The van der Waals surface area contributed by atoms with Crippen molar-refractivity contribution in [2.24, 2.45) is 23.2 Å². The van der Waals surface area contributed by atoms with Crippen LogP contribution in [0.3, 0.4) is 0 Å². The molecule has 2 N–H and O–H groups in total. The maximum absolute atomic E-state index is 10.7. The Kier molecular flexibility index (Phi) is 11.7. The van der Waals surface area contributed by atoms with Crippen LogP contribution < -0.4 is 0 Å². The van der Waals surface area contributed by atoms with Gasteiger partial charge < -0.3 is 19.7 Å². The minimum absolute atomic E-state index is 0.112. The second-order valence-electron chi connectivity index (χ2n) is 10.3. The molecule has 2 fully saturated rings. The molecule has 5 heteroatoms. The highest BCUT2D eigenvalue weighted by Gasteiger charge is 2.39. The van der Waals surface area contributed by atoms with Gasteiger partial charge in [0.15, 0.2) is 6.29 Å². The summed E-state index contributed by atoms with van der Waals surface area (Å²) in [6, 6.07) is 0. The van der Waals surface area contributed by atoms with E-state index >= 15 is 0 Å². The number of aliphatic carboxylic acids is 1. The number of carboxylic acids is 1. The highest BCUT2D eigenvalue weighted by Crippen LogP contribution is 2.41. The average molecular weight is 461 g/mol. The number of hydrogen-bond donors (Lipinski definition) is 2. The maximum atomic E-state index is 10.7. The summed E-state index contributed by atoms with van der Waals surface area (Å²) in [7, 11) is 0. The van der Waals surface area contributed by atoms with E-state index in [1.807, 2.05) is 6.92 Å². The van der Waals surface area contributed by atoms with Crippen molar-refractivity contribution in [2.45, 2.75) is 104 Å². The molecule has 1 saturated carbocycles. The topological polar surface area (TPSA) is 76.0 Å². The lowest BCUT2D eigenvalue weighted by molar-refractivity contribution is -0.196. The van der Waals surface area contributed by atoms with Crippen molar-refractivity contribution in [3.05, 3.63) is 24.3 Å². The van der Waals surface area contributed by atoms with Gasteiger partial charge in [-0.2, -0.15) is 0 Å². The second kappa shape index (κ2) is 13.9. The van der Waals surface area contributed by atoms with Crippen LogP contribution in [0.15, 0.2) is 24.3 Å². The molecule has 0 aromatic carbocycles. The summed E-state index contributed by atoms with van der Waals surface area (Å²) >= 11 is 0. The van der Waals surface area contributed by atoms with Crippen molar-refractivity contribution in [3.8, 4) is 11.8 Å². The molecule has 2 aliphatic rings. The van der Waals surface area contributed by atoms with E-state index in [1.54, 1.807) is 0 Å². The van der Waals surface area contributed by atoms with E-state index in [0.717, 1.165) is 51.6 Å². The van der Waals surface area contributed by atoms with E-state index in [9.17, 15) is 9.90 Å². The van der Waals surface area contributed by atoms with Crippen LogP contribution in [0.1, 0.15) is 85.5 Å². The number of ether oxygens (including phenoxy) is 2. The molecular weight excluding hydrogens is 416 g/mol. The number of rotatable bonds is 12. The number of carbonyl (C=O) groups is 1. The molecule has 2 rings (SSSR count). The lowest BCUT2D eigenvalue weighted by Gasteiger charge is -2.35. The molecule has 0 bridgehead atoms. The first kappa shape index (κ1) is 27.6. The number of hydrogen-bond acceptors (Lipinski definition) is 4. The van der Waals surface area contributed by atoms with Crippen LogP contribution >= 0.6 is 0 Å². The quantitative estimate of drug-likeness (QED) is 0.221. The summed E-state index contributed by atoms with van der Waals surface area (Å²) in [6.07, 6.45) is 15.1. The number of unbranched alkanes of at least 4 members (excludes halogenated alkanes) is 1. The predicted molar refractivity (Wildman–Crippen MR) is 131 cm³/mol. The number of aliphatic hydroxyl groups excluding tert-OH is 1. The molecule has 0 radical (unpaired) electrons. The summed E-state index contributed by atoms with van der Waals surface area (Å²) in [6.45, 7) is 9.22. The third-order valence-electron chi connectivity index (χ3n) is 7.03. The Hall–Kier alpha value is -1.61. The van der Waals surface area contributed by atoms with E-state index < -0.39 is 5.97 Å². The SMILES string of the molecule is CC#CCC(C)(C)[C@@H](C=C[C@@H]1[C@@H](CC=CCCCC(=O)O)[C@@H](O)C[C@H]1C)OC1CCCCO1. The molecular formula is C28H44O5. The van der Waals surface area contributed by atoms with Gasteiger partial charge in [0.25, 0.3) is 0 Å². The molecule has 6 atom stereocenters. The largest absolute Gasteiger partial charge is 0.481 e. The fraction of sp³-hybridized carbons (Fsp3) is 0.750. The summed E-state index contributed by atoms with van der Waals surface area (Å²) in [4.78, 5) is 10.7. The van der Waals surface area contributed by atoms with E-state index in [4.69, 9.17) is 14.6 Å². The van der Waals surface area contributed by atoms with Crippen molar-refractivity contribution < 1.29 is 24.5 Å². The Morgan fingerprint density at radius 1 is 1.30 bits per heavy atom. The summed E-state index contributed by atoms with van der Waals surface area (Å²) in [5, 5.41) is 19.5. The average Bonchev–Trinajstić information content (AvgIpc) is 3.04. The molecule has 1 unspecified atom stereocenters. The third-order valence-corrected chi connectivity index (χ3v) is 7.03. The first-order chi connectivity index (χ1) is 15.7. The zero-order chi connectivity index (χ0) is 24.3. The predicted octanol–water partition coefficient (Wildman–Crippen LogP) is 5.73. The van der Waals surface area contributed by atoms with Gasteiger partial charge in [-0.15, -0.1) is 11.8 Å². The first-order valence-electron chi connectivity index (χ1n) is 12.6. The van der Waals surface area contributed by atoms with E-state index in [2.05, 4.69) is 56.9 Å². The van der Waals surface area contributed by atoms with Gasteiger partial charge in [-0.3, -0.25) is 4.79 Å². The monoisotopic (exact) mass is 460 g/mol. The van der Waals surface area contributed by atoms with Gasteiger partial charge in [0.2, 0.25) is 0 Å². The molecule has 33 heavy (non-hydrogen) atoms. The minimum atomic E-state index is -0.753. The molecule has 0 spiro atoms. The molecule has 0 aromatic rings. The standard InChI is InChI=1S/C28H44O5/c1-5-6-18-28(3,4)25(33-27-15-11-12-19-32-27)17-16-22-21(2)20-24(29)23(22)13-9-7-8-10-14-26(30)31/h7,9,16-17,21-25,27,29H,8,10-15,18-20H2,1-4H3,(H,30,31)/t21-,22+,23-,24+,25-,27?/m1/s1. The van der Waals surface area contributed by atoms with E-state index in [-0.39, 0.29) is 42.2 Å². The van der Waals surface area contributed by atoms with Gasteiger partial charge in [0, 0.05) is 24.9 Å². The van der Waals surface area contributed by atoms with Crippen LogP contribution in [-0.4, -0.2) is 41.3 Å². The van der Waals surface area contributed by atoms with Gasteiger partial charge in [-0.05, 0) is 69.6 Å². The Labute approximate surface area is 200 Å². The highest BCUT2D eigenvalue weighted by molar-refractivity contribution is 5.66. The van der Waals surface area contributed by atoms with Gasteiger partial charge in [-0.25, -0.2) is 0 Å². The van der Waals surface area contributed by atoms with Crippen molar-refractivity contribution in [3.63, 3.8) is 0 Å². The fourth-order valence-electron chi connectivity index (χ4n) is 4.90. The summed E-state index contributed by atoms with van der Waals surface area (Å²) in [5.74, 6) is 6.31. The van der Waals surface area contributed by atoms with Gasteiger partial charge >= 0.3 is 5.97 Å². The van der Waals surface area contributed by atoms with Crippen LogP contribution in [-0.2, 0) is 14.3 Å². The summed E-state index contributed by atoms with van der Waals surface area (Å²) in [5.41, 5.74) is -0.152. The second-order valence-corrected chi connectivity index (χ2v) is 10.3.